The van der Waals surface area contributed by atoms with Crippen LogP contribution in [0.25, 0.3) is 0 Å². The molecule has 1 amide bonds. The molecule has 14 heteroatoms. The van der Waals surface area contributed by atoms with Crippen LogP contribution in [0.2, 0.25) is 0 Å². The third-order valence-electron chi connectivity index (χ3n) is 4.98. The van der Waals surface area contributed by atoms with Crippen LogP contribution in [0.15, 0.2) is 70.8 Å². The van der Waals surface area contributed by atoms with Gasteiger partial charge < -0.3 is 18.9 Å². The average molecular weight is 601 g/mol. The number of methoxy groups -OCH3 is 2. The number of amides is 1. The van der Waals surface area contributed by atoms with Crippen LogP contribution in [0.4, 0.5) is 11.4 Å². The Bertz CT molecular complexity index is 1460. The van der Waals surface area contributed by atoms with E-state index in [1.807, 2.05) is 0 Å². The Hall–Kier alpha value is -4.98. The fourth-order valence-corrected chi connectivity index (χ4v) is 3.72. The zero-order valence-corrected chi connectivity index (χ0v) is 22.2. The minimum absolute atomic E-state index is 0.0847. The SMILES string of the molecule is C=CCOc1ccc(C(=O)N/N=C/c2cc(Br)c(Oc3ccc([N+](=O)[O-])cc3[N+](=O)[O-])c(OC)c2)cc1OC. The van der Waals surface area contributed by atoms with Gasteiger partial charge in [0.1, 0.15) is 6.61 Å². The zero-order valence-electron chi connectivity index (χ0n) is 20.6. The highest BCUT2D eigenvalue weighted by molar-refractivity contribution is 9.10. The van der Waals surface area contributed by atoms with Crippen LogP contribution in [-0.4, -0.2) is 42.8 Å². The topological polar surface area (TPSA) is 165 Å². The van der Waals surface area contributed by atoms with E-state index in [4.69, 9.17) is 18.9 Å². The van der Waals surface area contributed by atoms with Crippen molar-refractivity contribution in [3.05, 3.63) is 97.0 Å². The van der Waals surface area contributed by atoms with Gasteiger partial charge in [0.25, 0.3) is 11.6 Å². The summed E-state index contributed by atoms with van der Waals surface area (Å²) in [5.41, 5.74) is 2.12. The standard InChI is InChI=1S/C25H21BrN4O9/c1-4-9-38-21-7-5-16(12-22(21)36-2)25(31)28-27-14-15-10-18(26)24(23(11-15)37-3)39-20-8-6-17(29(32)33)13-19(20)30(34)35/h4-8,10-14H,1,9H2,2-3H3,(H,28,31)/b27-14+. The lowest BCUT2D eigenvalue weighted by atomic mass is 10.2. The molecule has 0 aromatic heterocycles. The highest BCUT2D eigenvalue weighted by atomic mass is 79.9. The van der Waals surface area contributed by atoms with E-state index < -0.39 is 27.1 Å². The predicted octanol–water partition coefficient (Wildman–Crippen LogP) is 5.40. The van der Waals surface area contributed by atoms with E-state index in [1.54, 1.807) is 24.3 Å². The molecule has 13 nitrogen and oxygen atoms in total. The van der Waals surface area contributed by atoms with Crippen LogP contribution in [0.5, 0.6) is 28.7 Å². The molecule has 0 aliphatic rings. The number of nitro benzene ring substituents is 2. The third-order valence-corrected chi connectivity index (χ3v) is 5.57. The molecule has 0 heterocycles. The van der Waals surface area contributed by atoms with Crippen LogP contribution in [-0.2, 0) is 0 Å². The molecule has 0 bridgehead atoms. The van der Waals surface area contributed by atoms with Crippen molar-refractivity contribution >= 4 is 39.4 Å². The molecule has 0 aliphatic heterocycles. The molecule has 202 valence electrons. The van der Waals surface area contributed by atoms with Gasteiger partial charge in [-0.2, -0.15) is 5.10 Å². The highest BCUT2D eigenvalue weighted by Gasteiger charge is 2.23. The van der Waals surface area contributed by atoms with Crippen LogP contribution >= 0.6 is 15.9 Å². The number of halogens is 1. The van der Waals surface area contributed by atoms with E-state index >= 15 is 0 Å². The maximum atomic E-state index is 12.5. The minimum Gasteiger partial charge on any atom is -0.493 e. The number of non-ortho nitro benzene ring substituents is 1. The fourth-order valence-electron chi connectivity index (χ4n) is 3.18. The van der Waals surface area contributed by atoms with Gasteiger partial charge in [-0.15, -0.1) is 0 Å². The van der Waals surface area contributed by atoms with Crippen molar-refractivity contribution in [2.24, 2.45) is 5.10 Å². The lowest BCUT2D eigenvalue weighted by molar-refractivity contribution is -0.394. The molecule has 0 saturated heterocycles. The summed E-state index contributed by atoms with van der Waals surface area (Å²) in [6.45, 7) is 3.86. The number of nitrogens with one attached hydrogen (secondary N) is 1. The van der Waals surface area contributed by atoms with Gasteiger partial charge in [0.2, 0.25) is 5.75 Å². The first-order valence-electron chi connectivity index (χ1n) is 10.9. The van der Waals surface area contributed by atoms with Crippen molar-refractivity contribution in [1.82, 2.24) is 5.43 Å². The van der Waals surface area contributed by atoms with Gasteiger partial charge in [-0.3, -0.25) is 25.0 Å². The summed E-state index contributed by atoms with van der Waals surface area (Å²) in [7, 11) is 2.81. The molecule has 0 fully saturated rings. The van der Waals surface area contributed by atoms with Crippen molar-refractivity contribution in [3.63, 3.8) is 0 Å². The van der Waals surface area contributed by atoms with E-state index in [-0.39, 0.29) is 29.4 Å². The van der Waals surface area contributed by atoms with Gasteiger partial charge in [-0.1, -0.05) is 12.7 Å². The number of nitro groups is 2. The second kappa shape index (κ2) is 13.0. The van der Waals surface area contributed by atoms with Crippen molar-refractivity contribution in [3.8, 4) is 28.7 Å². The largest absolute Gasteiger partial charge is 0.493 e. The number of carbonyl (C=O) groups is 1. The van der Waals surface area contributed by atoms with Crippen LogP contribution in [0.1, 0.15) is 15.9 Å². The number of rotatable bonds is 12. The molecule has 39 heavy (non-hydrogen) atoms. The van der Waals surface area contributed by atoms with Crippen molar-refractivity contribution in [2.45, 2.75) is 0 Å². The molecular formula is C25H21BrN4O9. The van der Waals surface area contributed by atoms with Crippen LogP contribution in [0, 0.1) is 20.2 Å². The summed E-state index contributed by atoms with van der Waals surface area (Å²) in [5.74, 6) is 0.346. The number of hydrogen-bond donors (Lipinski definition) is 1. The molecule has 0 aliphatic carbocycles. The molecule has 0 spiro atoms. The maximum absolute atomic E-state index is 12.5. The number of carbonyl (C=O) groups excluding carboxylic acids is 1. The van der Waals surface area contributed by atoms with E-state index in [0.29, 0.717) is 21.5 Å². The van der Waals surface area contributed by atoms with Gasteiger partial charge in [0, 0.05) is 11.6 Å². The second-order valence-corrected chi connectivity index (χ2v) is 8.32. The van der Waals surface area contributed by atoms with Gasteiger partial charge >= 0.3 is 5.69 Å². The van der Waals surface area contributed by atoms with E-state index in [0.717, 1.165) is 18.2 Å². The normalized spacial score (nSPS) is 10.5. The summed E-state index contributed by atoms with van der Waals surface area (Å²) in [4.78, 5) is 33.4. The molecular weight excluding hydrogens is 580 g/mol. The first-order chi connectivity index (χ1) is 18.7. The Labute approximate surface area is 230 Å². The summed E-state index contributed by atoms with van der Waals surface area (Å²) in [6.07, 6.45) is 2.93. The molecule has 0 atom stereocenters. The monoisotopic (exact) mass is 600 g/mol. The first kappa shape index (κ1) is 28.6. The van der Waals surface area contributed by atoms with Crippen molar-refractivity contribution in [1.29, 1.82) is 0 Å². The summed E-state index contributed by atoms with van der Waals surface area (Å²) in [5, 5.41) is 26.4. The summed E-state index contributed by atoms with van der Waals surface area (Å²) in [6, 6.07) is 10.8. The lowest BCUT2D eigenvalue weighted by Gasteiger charge is -2.13. The van der Waals surface area contributed by atoms with E-state index in [1.165, 1.54) is 32.6 Å². The van der Waals surface area contributed by atoms with Crippen molar-refractivity contribution < 1.29 is 33.6 Å². The Morgan fingerprint density at radius 3 is 2.36 bits per heavy atom. The maximum Gasteiger partial charge on any atom is 0.318 e. The summed E-state index contributed by atoms with van der Waals surface area (Å²) < 4.78 is 22.1. The van der Waals surface area contributed by atoms with Gasteiger partial charge in [-0.05, 0) is 57.9 Å². The van der Waals surface area contributed by atoms with Crippen molar-refractivity contribution in [2.75, 3.05) is 20.8 Å². The molecule has 0 saturated carbocycles. The number of benzene rings is 3. The predicted molar refractivity (Wildman–Crippen MR) is 144 cm³/mol. The molecule has 3 aromatic carbocycles. The molecule has 0 radical (unpaired) electrons. The molecule has 3 rings (SSSR count). The van der Waals surface area contributed by atoms with E-state index in [9.17, 15) is 25.0 Å². The minimum atomic E-state index is -0.788. The number of ether oxygens (including phenoxy) is 4. The molecule has 0 unspecified atom stereocenters. The van der Waals surface area contributed by atoms with Crippen LogP contribution in [0.3, 0.4) is 0 Å². The second-order valence-electron chi connectivity index (χ2n) is 7.47. The number of nitrogens with zero attached hydrogens (tertiary/aromatic N) is 3. The Balaban J connectivity index is 1.79. The summed E-state index contributed by atoms with van der Waals surface area (Å²) >= 11 is 3.33. The van der Waals surface area contributed by atoms with Gasteiger partial charge in [0.15, 0.2) is 23.0 Å². The Morgan fingerprint density at radius 1 is 1.00 bits per heavy atom. The number of hydrogen-bond acceptors (Lipinski definition) is 10. The quantitative estimate of drug-likeness (QED) is 0.124. The Kier molecular flexibility index (Phi) is 9.53. The smallest absolute Gasteiger partial charge is 0.318 e. The molecule has 3 aromatic rings. The van der Waals surface area contributed by atoms with Gasteiger partial charge in [-0.25, -0.2) is 5.43 Å². The fraction of sp³-hybridized carbons (Fsp3) is 0.120. The first-order valence-corrected chi connectivity index (χ1v) is 11.7. The zero-order chi connectivity index (χ0) is 28.5. The van der Waals surface area contributed by atoms with Gasteiger partial charge in [0.05, 0.1) is 40.8 Å². The highest BCUT2D eigenvalue weighted by Crippen LogP contribution is 2.42. The Morgan fingerprint density at radius 2 is 1.72 bits per heavy atom. The van der Waals surface area contributed by atoms with Crippen LogP contribution < -0.4 is 24.4 Å². The van der Waals surface area contributed by atoms with E-state index in [2.05, 4.69) is 33.0 Å². The molecule has 1 N–H and O–H groups in total. The average Bonchev–Trinajstić information content (AvgIpc) is 2.92. The lowest BCUT2D eigenvalue weighted by Crippen LogP contribution is -2.17. The third kappa shape index (κ3) is 7.07. The number of hydrazone groups is 1.